The molecule has 188 valence electrons. The van der Waals surface area contributed by atoms with Crippen molar-refractivity contribution in [2.45, 2.75) is 39.2 Å². The molecule has 0 saturated carbocycles. The molecule has 1 aromatic carbocycles. The third-order valence-corrected chi connectivity index (χ3v) is 6.96. The van der Waals surface area contributed by atoms with Crippen molar-refractivity contribution in [2.75, 3.05) is 19.6 Å². The summed E-state index contributed by atoms with van der Waals surface area (Å²) in [7, 11) is 0. The molecule has 2 aliphatic heterocycles. The maximum absolute atomic E-state index is 13.5. The minimum Gasteiger partial charge on any atom is -0.458 e. The highest BCUT2D eigenvalue weighted by atomic mass is 35.5. The number of hydrogen-bond donors (Lipinski definition) is 2. The summed E-state index contributed by atoms with van der Waals surface area (Å²) in [5.74, 6) is -0.809. The summed E-state index contributed by atoms with van der Waals surface area (Å²) in [5.41, 5.74) is 9.69. The average molecular weight is 510 g/mol. The van der Waals surface area contributed by atoms with Crippen LogP contribution in [0.3, 0.4) is 0 Å². The van der Waals surface area contributed by atoms with E-state index in [2.05, 4.69) is 11.1 Å². The van der Waals surface area contributed by atoms with Gasteiger partial charge in [0, 0.05) is 30.9 Å². The molecule has 1 saturated heterocycles. The molecule has 0 spiro atoms. The fourth-order valence-corrected chi connectivity index (χ4v) is 5.15. The number of primary amides is 1. The summed E-state index contributed by atoms with van der Waals surface area (Å²) in [5, 5.41) is 21.2. The van der Waals surface area contributed by atoms with E-state index in [-0.39, 0.29) is 19.0 Å². The number of halogens is 1. The van der Waals surface area contributed by atoms with Crippen LogP contribution in [0.25, 0.3) is 5.57 Å². The second-order valence-corrected chi connectivity index (χ2v) is 9.64. The minimum absolute atomic E-state index is 0.120. The van der Waals surface area contributed by atoms with Crippen molar-refractivity contribution >= 4 is 29.0 Å². The fourth-order valence-electron chi connectivity index (χ4n) is 4.99. The Morgan fingerprint density at radius 2 is 1.94 bits per heavy atom. The zero-order valence-corrected chi connectivity index (χ0v) is 21.0. The lowest BCUT2D eigenvalue weighted by atomic mass is 9.88. The van der Waals surface area contributed by atoms with Crippen molar-refractivity contribution in [2.24, 2.45) is 11.7 Å². The highest BCUT2D eigenvalue weighted by Gasteiger charge is 2.42. The average Bonchev–Trinajstić information content (AvgIpc) is 2.83. The van der Waals surface area contributed by atoms with E-state index in [1.165, 1.54) is 12.4 Å². The molecule has 4 rings (SSSR count). The number of benzene rings is 1. The second-order valence-electron chi connectivity index (χ2n) is 9.21. The smallest absolute Gasteiger partial charge is 0.243 e. The van der Waals surface area contributed by atoms with Gasteiger partial charge in [-0.2, -0.15) is 10.3 Å². The van der Waals surface area contributed by atoms with Gasteiger partial charge in [-0.15, -0.1) is 0 Å². The number of pyridine rings is 1. The molecule has 0 aliphatic carbocycles. The number of nitrogens with zero attached hydrogens (tertiary/aromatic N) is 4. The lowest BCUT2D eigenvalue weighted by molar-refractivity contribution is -0.183. The van der Waals surface area contributed by atoms with Gasteiger partial charge < -0.3 is 20.6 Å². The first-order chi connectivity index (χ1) is 17.2. The fraction of sp³-hybridized carbons (Fsp3) is 0.385. The summed E-state index contributed by atoms with van der Waals surface area (Å²) in [6.07, 6.45) is 4.52. The van der Waals surface area contributed by atoms with E-state index in [1.54, 1.807) is 11.0 Å². The number of nitrogens with two attached hydrogens (primary N) is 1. The number of aryl methyl sites for hydroxylation is 2. The van der Waals surface area contributed by atoms with E-state index < -0.39 is 17.9 Å². The largest absolute Gasteiger partial charge is 0.458 e. The highest BCUT2D eigenvalue weighted by molar-refractivity contribution is 6.30. The number of piperidine rings is 1. The van der Waals surface area contributed by atoms with Gasteiger partial charge in [-0.1, -0.05) is 23.7 Å². The van der Waals surface area contributed by atoms with Crippen LogP contribution in [0, 0.1) is 31.1 Å². The first-order valence-electron chi connectivity index (χ1n) is 11.8. The molecule has 36 heavy (non-hydrogen) atoms. The summed E-state index contributed by atoms with van der Waals surface area (Å²) >= 11 is 6.10. The van der Waals surface area contributed by atoms with Gasteiger partial charge >= 0.3 is 0 Å². The van der Waals surface area contributed by atoms with Gasteiger partial charge in [-0.05, 0) is 49.8 Å². The molecule has 1 fully saturated rings. The number of carbonyl (C=O) groups is 2. The molecular formula is C26H28ClN5O4. The molecule has 2 aromatic rings. The molecule has 2 aliphatic rings. The maximum Gasteiger partial charge on any atom is 0.243 e. The summed E-state index contributed by atoms with van der Waals surface area (Å²) in [4.78, 5) is 31.2. The molecule has 2 atom stereocenters. The standard InChI is InChI=1S/C26H28ClN5O4/c1-15-8-17(9-16(2)22(15)11-28)20-5-7-31(14-23(20)36-19-10-18(27)12-30-13-19)26(34)24-21(25(29)33)4-3-6-32(24)35/h8-10,12-13,21,24,35H,3-7,14H2,1-2H3,(H2,29,33)/t21-,24-/m0/s1. The molecular weight excluding hydrogens is 482 g/mol. The summed E-state index contributed by atoms with van der Waals surface area (Å²) in [6, 6.07) is 6.72. The molecule has 3 heterocycles. The van der Waals surface area contributed by atoms with Crippen LogP contribution in [-0.4, -0.2) is 57.6 Å². The van der Waals surface area contributed by atoms with Crippen LogP contribution in [-0.2, 0) is 9.59 Å². The number of carbonyl (C=O) groups excluding carboxylic acids is 2. The number of hydroxylamine groups is 2. The lowest BCUT2D eigenvalue weighted by Crippen LogP contribution is -2.57. The lowest BCUT2D eigenvalue weighted by Gasteiger charge is -2.39. The Kier molecular flexibility index (Phi) is 7.59. The number of ether oxygens (including phenoxy) is 1. The van der Waals surface area contributed by atoms with Gasteiger partial charge in [0.15, 0.2) is 0 Å². The Morgan fingerprint density at radius 1 is 1.22 bits per heavy atom. The van der Waals surface area contributed by atoms with Crippen LogP contribution in [0.15, 0.2) is 36.4 Å². The topological polar surface area (TPSA) is 133 Å². The van der Waals surface area contributed by atoms with E-state index in [4.69, 9.17) is 22.1 Å². The molecule has 2 amide bonds. The summed E-state index contributed by atoms with van der Waals surface area (Å²) in [6.45, 7) is 4.55. The number of amides is 2. The van der Waals surface area contributed by atoms with Crippen LogP contribution in [0.1, 0.15) is 41.5 Å². The van der Waals surface area contributed by atoms with Crippen molar-refractivity contribution < 1.29 is 19.5 Å². The van der Waals surface area contributed by atoms with Crippen LogP contribution < -0.4 is 10.5 Å². The zero-order valence-electron chi connectivity index (χ0n) is 20.2. The Labute approximate surface area is 214 Å². The number of nitriles is 1. The molecule has 9 nitrogen and oxygen atoms in total. The number of rotatable bonds is 5. The van der Waals surface area contributed by atoms with Crippen LogP contribution >= 0.6 is 11.6 Å². The van der Waals surface area contributed by atoms with Crippen molar-refractivity contribution in [1.82, 2.24) is 14.9 Å². The Hall–Kier alpha value is -3.45. The predicted molar refractivity (Wildman–Crippen MR) is 133 cm³/mol. The van der Waals surface area contributed by atoms with Gasteiger partial charge in [0.25, 0.3) is 0 Å². The van der Waals surface area contributed by atoms with E-state index in [0.29, 0.717) is 47.9 Å². The van der Waals surface area contributed by atoms with E-state index in [1.807, 2.05) is 26.0 Å². The first-order valence-corrected chi connectivity index (χ1v) is 12.1. The third-order valence-electron chi connectivity index (χ3n) is 6.75. The normalized spacial score (nSPS) is 20.7. The van der Waals surface area contributed by atoms with Gasteiger partial charge in [0.05, 0.1) is 35.3 Å². The van der Waals surface area contributed by atoms with Crippen LogP contribution in [0.5, 0.6) is 5.75 Å². The Balaban J connectivity index is 1.71. The van der Waals surface area contributed by atoms with Crippen molar-refractivity contribution in [3.63, 3.8) is 0 Å². The van der Waals surface area contributed by atoms with Crippen molar-refractivity contribution in [1.29, 1.82) is 5.26 Å². The second kappa shape index (κ2) is 10.7. The maximum atomic E-state index is 13.5. The number of aromatic nitrogens is 1. The monoisotopic (exact) mass is 509 g/mol. The molecule has 3 N–H and O–H groups in total. The van der Waals surface area contributed by atoms with E-state index in [0.717, 1.165) is 27.3 Å². The Morgan fingerprint density at radius 3 is 2.58 bits per heavy atom. The van der Waals surface area contributed by atoms with Crippen molar-refractivity contribution in [3.05, 3.63) is 63.6 Å². The van der Waals surface area contributed by atoms with Gasteiger partial charge in [-0.3, -0.25) is 14.6 Å². The zero-order chi connectivity index (χ0) is 26.0. The van der Waals surface area contributed by atoms with E-state index >= 15 is 0 Å². The highest BCUT2D eigenvalue weighted by Crippen LogP contribution is 2.33. The first kappa shape index (κ1) is 25.6. The SMILES string of the molecule is Cc1cc(C2=C(Oc3cncc(Cl)c3)CN(C(=O)[C@@H]3[C@@H](C(N)=O)CCCN3O)CC2)cc(C)c1C#N. The van der Waals surface area contributed by atoms with Gasteiger partial charge in [0.2, 0.25) is 11.8 Å². The summed E-state index contributed by atoms with van der Waals surface area (Å²) < 4.78 is 6.21. The quantitative estimate of drug-likeness (QED) is 0.632. The van der Waals surface area contributed by atoms with Crippen molar-refractivity contribution in [3.8, 4) is 11.8 Å². The van der Waals surface area contributed by atoms with E-state index in [9.17, 15) is 20.1 Å². The number of hydrogen-bond acceptors (Lipinski definition) is 7. The minimum atomic E-state index is -1.04. The van der Waals surface area contributed by atoms with Crippen LogP contribution in [0.4, 0.5) is 0 Å². The predicted octanol–water partition coefficient (Wildman–Crippen LogP) is 3.20. The molecule has 10 heteroatoms. The molecule has 0 unspecified atom stereocenters. The molecule has 1 aromatic heterocycles. The molecule has 0 radical (unpaired) electrons. The molecule has 0 bridgehead atoms. The van der Waals surface area contributed by atoms with Gasteiger partial charge in [-0.25, -0.2) is 0 Å². The van der Waals surface area contributed by atoms with Crippen LogP contribution in [0.2, 0.25) is 5.02 Å². The van der Waals surface area contributed by atoms with Gasteiger partial charge in [0.1, 0.15) is 17.6 Å². The third kappa shape index (κ3) is 5.21. The Bertz CT molecular complexity index is 1250.